The van der Waals surface area contributed by atoms with Crippen LogP contribution in [0.2, 0.25) is 0 Å². The van der Waals surface area contributed by atoms with Crippen molar-refractivity contribution in [3.05, 3.63) is 54.6 Å². The zero-order chi connectivity index (χ0) is 11.4. The molecule has 1 unspecified atom stereocenters. The molecule has 0 bridgehead atoms. The van der Waals surface area contributed by atoms with Crippen LogP contribution in [0.15, 0.2) is 49.1 Å². The Bertz CT molecular complexity index is 431. The summed E-state index contributed by atoms with van der Waals surface area (Å²) < 4.78 is 4.49. The first-order valence-corrected chi connectivity index (χ1v) is 5.90. The molecule has 0 aliphatic rings. The van der Waals surface area contributed by atoms with E-state index in [2.05, 4.69) is 72.0 Å². The number of hydrogen-bond acceptors (Lipinski definition) is 0. The van der Waals surface area contributed by atoms with Crippen molar-refractivity contribution in [2.24, 2.45) is 0 Å². The van der Waals surface area contributed by atoms with Crippen molar-refractivity contribution >= 4 is 0 Å². The van der Waals surface area contributed by atoms with Crippen LogP contribution in [0.4, 0.5) is 0 Å². The summed E-state index contributed by atoms with van der Waals surface area (Å²) in [5.74, 6) is 0. The highest BCUT2D eigenvalue weighted by atomic mass is 15.1. The Morgan fingerprint density at radius 3 is 2.69 bits per heavy atom. The topological polar surface area (TPSA) is 8.81 Å². The van der Waals surface area contributed by atoms with Gasteiger partial charge in [0.2, 0.25) is 6.33 Å². The lowest BCUT2D eigenvalue weighted by molar-refractivity contribution is -0.688. The van der Waals surface area contributed by atoms with Gasteiger partial charge in [-0.15, -0.1) is 0 Å². The largest absolute Gasteiger partial charge is 0.244 e. The molecule has 0 N–H and O–H groups in total. The van der Waals surface area contributed by atoms with Gasteiger partial charge in [-0.2, -0.15) is 0 Å². The average molecular weight is 215 g/mol. The Morgan fingerprint density at radius 1 is 1.25 bits per heavy atom. The van der Waals surface area contributed by atoms with Crippen molar-refractivity contribution in [2.45, 2.75) is 32.9 Å². The van der Waals surface area contributed by atoms with Gasteiger partial charge >= 0.3 is 0 Å². The van der Waals surface area contributed by atoms with Crippen LogP contribution in [0.1, 0.15) is 31.9 Å². The van der Waals surface area contributed by atoms with E-state index >= 15 is 0 Å². The van der Waals surface area contributed by atoms with E-state index in [-0.39, 0.29) is 0 Å². The molecule has 16 heavy (non-hydrogen) atoms. The summed E-state index contributed by atoms with van der Waals surface area (Å²) >= 11 is 0. The maximum absolute atomic E-state index is 2.27. The molecule has 84 valence electrons. The first-order chi connectivity index (χ1) is 7.79. The third-order valence-corrected chi connectivity index (χ3v) is 3.02. The quantitative estimate of drug-likeness (QED) is 0.693. The molecule has 2 aromatic rings. The zero-order valence-corrected chi connectivity index (χ0v) is 10.0. The molecule has 0 amide bonds. The normalized spacial score (nSPS) is 12.6. The van der Waals surface area contributed by atoms with E-state index in [1.165, 1.54) is 12.0 Å². The van der Waals surface area contributed by atoms with E-state index in [9.17, 15) is 0 Å². The Balaban J connectivity index is 2.09. The van der Waals surface area contributed by atoms with Crippen LogP contribution in [-0.4, -0.2) is 4.57 Å². The Labute approximate surface area is 97.2 Å². The Morgan fingerprint density at radius 2 is 2.00 bits per heavy atom. The maximum Gasteiger partial charge on any atom is 0.244 e. The second-order valence-corrected chi connectivity index (χ2v) is 4.28. The summed E-state index contributed by atoms with van der Waals surface area (Å²) in [5, 5.41) is 0. The molecule has 0 saturated heterocycles. The minimum absolute atomic E-state index is 0.581. The fourth-order valence-corrected chi connectivity index (χ4v) is 1.77. The number of aromatic nitrogens is 2. The summed E-state index contributed by atoms with van der Waals surface area (Å²) in [6, 6.07) is 11.1. The lowest BCUT2D eigenvalue weighted by Crippen LogP contribution is -2.31. The number of rotatable bonds is 4. The molecule has 0 aliphatic carbocycles. The van der Waals surface area contributed by atoms with Crippen molar-refractivity contribution in [1.82, 2.24) is 4.57 Å². The minimum atomic E-state index is 0.581. The summed E-state index contributed by atoms with van der Waals surface area (Å²) in [7, 11) is 0. The SMILES string of the molecule is CCC(C)n1cc[n+](Cc2ccccc2)c1. The molecule has 0 spiro atoms. The molecule has 0 fully saturated rings. The van der Waals surface area contributed by atoms with Crippen LogP contribution in [0.3, 0.4) is 0 Å². The molecular weight excluding hydrogens is 196 g/mol. The van der Waals surface area contributed by atoms with Crippen molar-refractivity contribution in [3.63, 3.8) is 0 Å². The second kappa shape index (κ2) is 4.97. The van der Waals surface area contributed by atoms with E-state index in [4.69, 9.17) is 0 Å². The Hall–Kier alpha value is -1.57. The lowest BCUT2D eigenvalue weighted by atomic mass is 10.2. The van der Waals surface area contributed by atoms with Crippen LogP contribution in [0.5, 0.6) is 0 Å². The molecule has 1 aromatic heterocycles. The molecular formula is C14H19N2+. The van der Waals surface area contributed by atoms with Gasteiger partial charge in [-0.25, -0.2) is 9.13 Å². The molecule has 2 nitrogen and oxygen atoms in total. The third-order valence-electron chi connectivity index (χ3n) is 3.02. The highest BCUT2D eigenvalue weighted by Gasteiger charge is 2.09. The Kier molecular flexibility index (Phi) is 3.40. The van der Waals surface area contributed by atoms with Crippen LogP contribution in [0.25, 0.3) is 0 Å². The first-order valence-electron chi connectivity index (χ1n) is 5.90. The highest BCUT2D eigenvalue weighted by molar-refractivity contribution is 5.13. The first kappa shape index (κ1) is 10.9. The van der Waals surface area contributed by atoms with Crippen molar-refractivity contribution in [2.75, 3.05) is 0 Å². The van der Waals surface area contributed by atoms with Crippen LogP contribution in [0, 0.1) is 0 Å². The molecule has 2 rings (SSSR count). The van der Waals surface area contributed by atoms with Gasteiger partial charge in [0.15, 0.2) is 0 Å². The smallest absolute Gasteiger partial charge is 0.234 e. The fraction of sp³-hybridized carbons (Fsp3) is 0.357. The van der Waals surface area contributed by atoms with Crippen LogP contribution >= 0.6 is 0 Å². The number of benzene rings is 1. The molecule has 1 heterocycles. The average Bonchev–Trinajstić information content (AvgIpc) is 2.78. The van der Waals surface area contributed by atoms with Gasteiger partial charge in [-0.3, -0.25) is 0 Å². The summed E-state index contributed by atoms with van der Waals surface area (Å²) in [4.78, 5) is 0. The zero-order valence-electron chi connectivity index (χ0n) is 10.0. The van der Waals surface area contributed by atoms with Gasteiger partial charge in [-0.05, 0) is 18.9 Å². The summed E-state index contributed by atoms with van der Waals surface area (Å²) in [6.45, 7) is 5.41. The standard InChI is InChI=1S/C14H19N2/c1-3-13(2)16-10-9-15(12-16)11-14-7-5-4-6-8-14/h4-10,12-13H,3,11H2,1-2H3/q+1. The predicted molar refractivity (Wildman–Crippen MR) is 65.2 cm³/mol. The van der Waals surface area contributed by atoms with Gasteiger partial charge in [0.25, 0.3) is 0 Å². The highest BCUT2D eigenvalue weighted by Crippen LogP contribution is 2.07. The van der Waals surface area contributed by atoms with Gasteiger partial charge < -0.3 is 0 Å². The predicted octanol–water partition coefficient (Wildman–Crippen LogP) is 2.79. The second-order valence-electron chi connectivity index (χ2n) is 4.28. The summed E-state index contributed by atoms with van der Waals surface area (Å²) in [6.07, 6.45) is 7.64. The fourth-order valence-electron chi connectivity index (χ4n) is 1.77. The van der Waals surface area contributed by atoms with Gasteiger partial charge in [0.1, 0.15) is 18.9 Å². The van der Waals surface area contributed by atoms with Gasteiger partial charge in [0, 0.05) is 0 Å². The van der Waals surface area contributed by atoms with E-state index in [0.29, 0.717) is 6.04 Å². The third kappa shape index (κ3) is 2.51. The number of hydrogen-bond donors (Lipinski definition) is 0. The van der Waals surface area contributed by atoms with E-state index in [1.807, 2.05) is 0 Å². The minimum Gasteiger partial charge on any atom is -0.234 e. The van der Waals surface area contributed by atoms with Crippen LogP contribution < -0.4 is 4.57 Å². The van der Waals surface area contributed by atoms with Crippen molar-refractivity contribution < 1.29 is 4.57 Å². The molecule has 0 radical (unpaired) electrons. The lowest BCUT2D eigenvalue weighted by Gasteiger charge is -2.02. The van der Waals surface area contributed by atoms with Gasteiger partial charge in [0.05, 0.1) is 6.04 Å². The molecule has 2 heteroatoms. The molecule has 1 aromatic carbocycles. The van der Waals surface area contributed by atoms with E-state index in [0.717, 1.165) is 6.54 Å². The molecule has 0 aliphatic heterocycles. The maximum atomic E-state index is 2.27. The monoisotopic (exact) mass is 215 g/mol. The van der Waals surface area contributed by atoms with Crippen molar-refractivity contribution in [1.29, 1.82) is 0 Å². The van der Waals surface area contributed by atoms with E-state index in [1.54, 1.807) is 0 Å². The molecule has 0 saturated carbocycles. The van der Waals surface area contributed by atoms with Crippen molar-refractivity contribution in [3.8, 4) is 0 Å². The molecule has 1 atom stereocenters. The van der Waals surface area contributed by atoms with Gasteiger partial charge in [-0.1, -0.05) is 37.3 Å². The van der Waals surface area contributed by atoms with Crippen LogP contribution in [-0.2, 0) is 6.54 Å². The number of imidazole rings is 1. The number of nitrogens with zero attached hydrogens (tertiary/aromatic N) is 2. The van der Waals surface area contributed by atoms with E-state index < -0.39 is 0 Å². The summed E-state index contributed by atoms with van der Waals surface area (Å²) in [5.41, 5.74) is 1.34.